The van der Waals surface area contributed by atoms with Gasteiger partial charge in [0.15, 0.2) is 10.8 Å². The fourth-order valence-corrected chi connectivity index (χ4v) is 3.30. The molecule has 2 aromatic carbocycles. The first-order chi connectivity index (χ1) is 12.7. The number of hydrogen-bond acceptors (Lipinski definition) is 6. The average molecular weight is 362 g/mol. The van der Waals surface area contributed by atoms with Crippen molar-refractivity contribution >= 4 is 39.4 Å². The van der Waals surface area contributed by atoms with E-state index in [1.165, 1.54) is 6.21 Å². The number of carbonyl (C=O) groups is 1. The Morgan fingerprint density at radius 3 is 2.73 bits per heavy atom. The maximum atomic E-state index is 12.0. The number of rotatable bonds is 4. The van der Waals surface area contributed by atoms with Crippen LogP contribution < -0.4 is 11.2 Å². The molecule has 0 atom stereocenters. The van der Waals surface area contributed by atoms with Gasteiger partial charge in [-0.1, -0.05) is 12.1 Å². The average Bonchev–Trinajstić information content (AvgIpc) is 3.28. The second-order valence-electron chi connectivity index (χ2n) is 5.51. The number of hydrazone groups is 1. The van der Waals surface area contributed by atoms with Gasteiger partial charge in [0.25, 0.3) is 5.91 Å². The predicted octanol–water partition coefficient (Wildman–Crippen LogP) is 3.90. The molecule has 0 radical (unpaired) electrons. The first-order valence-electron chi connectivity index (χ1n) is 7.84. The zero-order valence-electron chi connectivity index (χ0n) is 13.5. The Labute approximate surface area is 153 Å². The summed E-state index contributed by atoms with van der Waals surface area (Å²) in [6.07, 6.45) is 1.45. The molecule has 3 N–H and O–H groups in total. The van der Waals surface area contributed by atoms with E-state index in [1.807, 2.05) is 30.3 Å². The number of hydrogen-bond donors (Lipinski definition) is 2. The number of amides is 1. The molecule has 7 heteroatoms. The molecule has 4 rings (SSSR count). The zero-order valence-corrected chi connectivity index (χ0v) is 14.4. The molecule has 128 valence electrons. The van der Waals surface area contributed by atoms with Crippen molar-refractivity contribution in [3.8, 4) is 10.8 Å². The van der Waals surface area contributed by atoms with Gasteiger partial charge in [0.1, 0.15) is 5.76 Å². The van der Waals surface area contributed by atoms with Crippen LogP contribution in [0, 0.1) is 0 Å². The molecular formula is C19H14N4O2S. The number of nitrogens with one attached hydrogen (secondary N) is 1. The Balaban J connectivity index is 1.45. The van der Waals surface area contributed by atoms with Crippen LogP contribution in [0.5, 0.6) is 0 Å². The molecule has 0 aliphatic carbocycles. The molecule has 0 aliphatic heterocycles. The van der Waals surface area contributed by atoms with Gasteiger partial charge in [-0.15, -0.1) is 11.3 Å². The molecule has 4 aromatic rings. The maximum absolute atomic E-state index is 12.0. The normalized spacial score (nSPS) is 11.2. The topological polar surface area (TPSA) is 93.5 Å². The molecule has 0 bridgehead atoms. The molecule has 2 aromatic heterocycles. The van der Waals surface area contributed by atoms with Crippen molar-refractivity contribution in [2.45, 2.75) is 0 Å². The minimum Gasteiger partial charge on any atom is -0.453 e. The monoisotopic (exact) mass is 362 g/mol. The van der Waals surface area contributed by atoms with E-state index in [4.69, 9.17) is 10.2 Å². The van der Waals surface area contributed by atoms with E-state index in [-0.39, 0.29) is 5.91 Å². The number of nitrogens with zero attached hydrogens (tertiary/aromatic N) is 2. The lowest BCUT2D eigenvalue weighted by Gasteiger charge is -1.99. The maximum Gasteiger partial charge on any atom is 0.271 e. The molecule has 26 heavy (non-hydrogen) atoms. The summed E-state index contributed by atoms with van der Waals surface area (Å²) < 4.78 is 6.84. The summed E-state index contributed by atoms with van der Waals surface area (Å²) in [5.41, 5.74) is 10.1. The number of para-hydroxylation sites is 1. The fraction of sp³-hybridized carbons (Fsp3) is 0. The second-order valence-corrected chi connectivity index (χ2v) is 6.54. The summed E-state index contributed by atoms with van der Waals surface area (Å²) in [5, 5.41) is 4.73. The van der Waals surface area contributed by atoms with Gasteiger partial charge in [0.2, 0.25) is 0 Å². The molecule has 6 nitrogen and oxygen atoms in total. The number of fused-ring (bicyclic) bond motifs is 1. The van der Waals surface area contributed by atoms with Crippen LogP contribution in [0.4, 0.5) is 5.69 Å². The van der Waals surface area contributed by atoms with E-state index < -0.39 is 0 Å². The fourth-order valence-electron chi connectivity index (χ4n) is 2.37. The standard InChI is InChI=1S/C19H14N4O2S/c20-13-7-5-12(6-8-13)18(24)23-21-11-14-9-10-16(25-14)19-22-15-3-1-2-4-17(15)26-19/h1-11H,20H2,(H,23,24)/b21-11-. The van der Waals surface area contributed by atoms with E-state index >= 15 is 0 Å². The summed E-state index contributed by atoms with van der Waals surface area (Å²) in [6, 6.07) is 18.1. The Bertz CT molecular complexity index is 1060. The van der Waals surface area contributed by atoms with Crippen molar-refractivity contribution in [2.24, 2.45) is 5.10 Å². The first kappa shape index (κ1) is 16.0. The number of aromatic nitrogens is 1. The Hall–Kier alpha value is -3.45. The molecular weight excluding hydrogens is 348 g/mol. The second kappa shape index (κ2) is 6.81. The van der Waals surface area contributed by atoms with Gasteiger partial charge in [-0.25, -0.2) is 10.4 Å². The van der Waals surface area contributed by atoms with Crippen LogP contribution in [0.2, 0.25) is 0 Å². The third kappa shape index (κ3) is 3.33. The van der Waals surface area contributed by atoms with Gasteiger partial charge in [0.05, 0.1) is 16.4 Å². The van der Waals surface area contributed by atoms with Crippen LogP contribution >= 0.6 is 11.3 Å². The smallest absolute Gasteiger partial charge is 0.271 e. The van der Waals surface area contributed by atoms with Crippen molar-refractivity contribution in [3.05, 3.63) is 72.0 Å². The number of benzene rings is 2. The van der Waals surface area contributed by atoms with Crippen LogP contribution in [0.1, 0.15) is 16.1 Å². The summed E-state index contributed by atoms with van der Waals surface area (Å²) >= 11 is 1.56. The lowest BCUT2D eigenvalue weighted by Crippen LogP contribution is -2.17. The van der Waals surface area contributed by atoms with E-state index in [0.29, 0.717) is 22.8 Å². The summed E-state index contributed by atoms with van der Waals surface area (Å²) in [6.45, 7) is 0. The predicted molar refractivity (Wildman–Crippen MR) is 103 cm³/mol. The minimum absolute atomic E-state index is 0.320. The highest BCUT2D eigenvalue weighted by Crippen LogP contribution is 2.30. The first-order valence-corrected chi connectivity index (χ1v) is 8.65. The largest absolute Gasteiger partial charge is 0.453 e. The van der Waals surface area contributed by atoms with Crippen molar-refractivity contribution < 1.29 is 9.21 Å². The number of nitrogen functional groups attached to an aromatic ring is 1. The van der Waals surface area contributed by atoms with Crippen LogP contribution in [-0.4, -0.2) is 17.1 Å². The van der Waals surface area contributed by atoms with Crippen molar-refractivity contribution in [2.75, 3.05) is 5.73 Å². The summed E-state index contributed by atoms with van der Waals surface area (Å²) in [4.78, 5) is 16.5. The van der Waals surface area contributed by atoms with Gasteiger partial charge in [-0.2, -0.15) is 5.10 Å². The van der Waals surface area contributed by atoms with Crippen molar-refractivity contribution in [1.82, 2.24) is 10.4 Å². The molecule has 0 saturated heterocycles. The highest BCUT2D eigenvalue weighted by atomic mass is 32.1. The number of anilines is 1. The molecule has 0 unspecified atom stereocenters. The van der Waals surface area contributed by atoms with E-state index in [2.05, 4.69) is 15.5 Å². The minimum atomic E-state index is -0.320. The van der Waals surface area contributed by atoms with Crippen LogP contribution in [0.15, 0.2) is 70.2 Å². The number of carbonyl (C=O) groups excluding carboxylic acids is 1. The van der Waals surface area contributed by atoms with Gasteiger partial charge in [0, 0.05) is 11.3 Å². The Morgan fingerprint density at radius 1 is 1.12 bits per heavy atom. The molecule has 2 heterocycles. The van der Waals surface area contributed by atoms with E-state index in [1.54, 1.807) is 41.7 Å². The van der Waals surface area contributed by atoms with Gasteiger partial charge < -0.3 is 10.2 Å². The molecule has 0 saturated carbocycles. The highest BCUT2D eigenvalue weighted by Gasteiger charge is 2.10. The summed E-state index contributed by atoms with van der Waals surface area (Å²) in [7, 11) is 0. The molecule has 1 amide bonds. The van der Waals surface area contributed by atoms with Crippen molar-refractivity contribution in [3.63, 3.8) is 0 Å². The van der Waals surface area contributed by atoms with Crippen LogP contribution in [-0.2, 0) is 0 Å². The summed E-state index contributed by atoms with van der Waals surface area (Å²) in [5.74, 6) is 0.869. The SMILES string of the molecule is Nc1ccc(C(=O)N/N=C\c2ccc(-c3nc4ccccc4s3)o2)cc1. The Morgan fingerprint density at radius 2 is 1.92 bits per heavy atom. The van der Waals surface area contributed by atoms with E-state index in [9.17, 15) is 4.79 Å². The van der Waals surface area contributed by atoms with E-state index in [0.717, 1.165) is 15.2 Å². The third-order valence-corrected chi connectivity index (χ3v) is 4.71. The van der Waals surface area contributed by atoms with Crippen molar-refractivity contribution in [1.29, 1.82) is 0 Å². The lowest BCUT2D eigenvalue weighted by molar-refractivity contribution is 0.0955. The highest BCUT2D eigenvalue weighted by molar-refractivity contribution is 7.21. The van der Waals surface area contributed by atoms with Crippen LogP contribution in [0.3, 0.4) is 0 Å². The quantitative estimate of drug-likeness (QED) is 0.327. The molecule has 0 fully saturated rings. The van der Waals surface area contributed by atoms with Crippen LogP contribution in [0.25, 0.3) is 21.0 Å². The molecule has 0 spiro atoms. The number of furan rings is 1. The lowest BCUT2D eigenvalue weighted by atomic mass is 10.2. The molecule has 0 aliphatic rings. The zero-order chi connectivity index (χ0) is 17.9. The Kier molecular flexibility index (Phi) is 4.20. The van der Waals surface area contributed by atoms with Gasteiger partial charge in [-0.05, 0) is 48.5 Å². The van der Waals surface area contributed by atoms with Gasteiger partial charge >= 0.3 is 0 Å². The number of nitrogens with two attached hydrogens (primary N) is 1. The van der Waals surface area contributed by atoms with Gasteiger partial charge in [-0.3, -0.25) is 4.79 Å². The third-order valence-electron chi connectivity index (χ3n) is 3.66. The number of thiazole rings is 1.